The third kappa shape index (κ3) is 12.7. The molecule has 66 heavy (non-hydrogen) atoms. The Labute approximate surface area is 407 Å². The van der Waals surface area contributed by atoms with E-state index in [9.17, 15) is 10.0 Å². The summed E-state index contributed by atoms with van der Waals surface area (Å²) in [6.45, 7) is 2.16. The highest BCUT2D eigenvalue weighted by molar-refractivity contribution is 9.11. The van der Waals surface area contributed by atoms with Gasteiger partial charge in [-0.2, -0.15) is 0 Å². The van der Waals surface area contributed by atoms with E-state index in [0.29, 0.717) is 5.46 Å². The van der Waals surface area contributed by atoms with Gasteiger partial charge < -0.3 is 10.0 Å². The number of rotatable bonds is 7. The highest BCUT2D eigenvalue weighted by Gasteiger charge is 2.16. The summed E-state index contributed by atoms with van der Waals surface area (Å²) >= 11 is 7.17. The van der Waals surface area contributed by atoms with Gasteiger partial charge in [0.05, 0.1) is 0 Å². The van der Waals surface area contributed by atoms with Crippen LogP contribution in [0.25, 0.3) is 66.8 Å². The van der Waals surface area contributed by atoms with Crippen LogP contribution in [0.2, 0.25) is 0 Å². The van der Waals surface area contributed by atoms with Crippen molar-refractivity contribution in [3.8, 4) is 66.8 Å². The van der Waals surface area contributed by atoms with E-state index in [1.807, 2.05) is 72.8 Å². The minimum absolute atomic E-state index is 0.531. The Morgan fingerprint density at radius 1 is 0.258 bits per heavy atom. The highest BCUT2D eigenvalue weighted by Crippen LogP contribution is 2.36. The molecule has 0 radical (unpaired) electrons. The Balaban J connectivity index is 0.000000132. The van der Waals surface area contributed by atoms with Gasteiger partial charge in [0.15, 0.2) is 0 Å². The molecule has 2 N–H and O–H groups in total. The maximum absolute atomic E-state index is 9.22. The Morgan fingerprint density at radius 3 is 0.939 bits per heavy atom. The Bertz CT molecular complexity index is 2910. The maximum atomic E-state index is 9.22. The van der Waals surface area contributed by atoms with Gasteiger partial charge in [-0.1, -0.05) is 287 Å². The summed E-state index contributed by atoms with van der Waals surface area (Å²) in [6.07, 6.45) is 0. The molecular formula is C61H49BBr2O2. The smallest absolute Gasteiger partial charge is 0.423 e. The van der Waals surface area contributed by atoms with Crippen LogP contribution in [-0.4, -0.2) is 17.2 Å². The molecule has 0 spiro atoms. The van der Waals surface area contributed by atoms with Crippen molar-refractivity contribution < 1.29 is 10.0 Å². The predicted octanol–water partition coefficient (Wildman–Crippen LogP) is 16.3. The summed E-state index contributed by atoms with van der Waals surface area (Å²) in [5.74, 6) is 0. The van der Waals surface area contributed by atoms with Crippen molar-refractivity contribution in [3.05, 3.63) is 281 Å². The molecule has 0 aliphatic heterocycles. The Hall–Kier alpha value is -6.86. The average molecular weight is 985 g/mol. The topological polar surface area (TPSA) is 40.5 Å². The average Bonchev–Trinajstić information content (AvgIpc) is 3.38. The van der Waals surface area contributed by atoms with Crippen LogP contribution in [0.5, 0.6) is 0 Å². The first-order valence-electron chi connectivity index (χ1n) is 21.8. The van der Waals surface area contributed by atoms with Crippen LogP contribution in [0.4, 0.5) is 0 Å². The fourth-order valence-electron chi connectivity index (χ4n) is 7.65. The quantitative estimate of drug-likeness (QED) is 0.156. The predicted molar refractivity (Wildman–Crippen MR) is 288 cm³/mol. The molecule has 0 saturated heterocycles. The summed E-state index contributed by atoms with van der Waals surface area (Å²) in [5, 5.41) is 18.4. The third-order valence-corrected chi connectivity index (χ3v) is 12.3. The molecule has 0 fully saturated rings. The molecule has 0 amide bonds. The Morgan fingerprint density at radius 2 is 0.530 bits per heavy atom. The first kappa shape index (κ1) is 47.1. The van der Waals surface area contributed by atoms with Crippen LogP contribution in [0.1, 0.15) is 5.56 Å². The maximum Gasteiger partial charge on any atom is 0.489 e. The summed E-state index contributed by atoms with van der Waals surface area (Å²) in [4.78, 5) is 0. The molecular weight excluding hydrogens is 935 g/mol. The third-order valence-electron chi connectivity index (χ3n) is 10.9. The number of aryl methyl sites for hydroxylation is 1. The van der Waals surface area contributed by atoms with Gasteiger partial charge in [-0.3, -0.25) is 0 Å². The normalized spacial score (nSPS) is 10.2. The van der Waals surface area contributed by atoms with E-state index < -0.39 is 7.12 Å². The molecule has 5 heteroatoms. The van der Waals surface area contributed by atoms with Crippen LogP contribution in [-0.2, 0) is 0 Å². The molecule has 0 aliphatic carbocycles. The first-order valence-corrected chi connectivity index (χ1v) is 23.4. The van der Waals surface area contributed by atoms with Gasteiger partial charge in [0, 0.05) is 8.95 Å². The van der Waals surface area contributed by atoms with Crippen molar-refractivity contribution in [1.29, 1.82) is 0 Å². The lowest BCUT2D eigenvalue weighted by Gasteiger charge is -2.12. The molecule has 0 atom stereocenters. The molecule has 0 unspecified atom stereocenters. The van der Waals surface area contributed by atoms with E-state index >= 15 is 0 Å². The lowest BCUT2D eigenvalue weighted by molar-refractivity contribution is 0.426. The fourth-order valence-corrected chi connectivity index (χ4v) is 8.66. The monoisotopic (exact) mass is 982 g/mol. The molecule has 0 saturated carbocycles. The number of halogens is 2. The zero-order valence-corrected chi connectivity index (χ0v) is 39.8. The van der Waals surface area contributed by atoms with Crippen molar-refractivity contribution in [2.24, 2.45) is 0 Å². The summed E-state index contributed by atoms with van der Waals surface area (Å²) < 4.78 is 2.26. The number of hydrogen-bond acceptors (Lipinski definition) is 2. The molecule has 10 aromatic carbocycles. The number of hydrogen-bond donors (Lipinski definition) is 2. The van der Waals surface area contributed by atoms with Crippen LogP contribution < -0.4 is 5.46 Å². The largest absolute Gasteiger partial charge is 0.489 e. The second-order valence-electron chi connectivity index (χ2n) is 15.3. The Kier molecular flexibility index (Phi) is 17.4. The molecule has 0 heterocycles. The lowest BCUT2D eigenvalue weighted by Crippen LogP contribution is -2.31. The van der Waals surface area contributed by atoms with E-state index in [2.05, 4.69) is 221 Å². The first-order chi connectivity index (χ1) is 32.4. The van der Waals surface area contributed by atoms with Crippen molar-refractivity contribution in [2.45, 2.75) is 6.92 Å². The zero-order valence-electron chi connectivity index (χ0n) is 36.6. The van der Waals surface area contributed by atoms with Crippen LogP contribution in [0.3, 0.4) is 0 Å². The van der Waals surface area contributed by atoms with Gasteiger partial charge in [-0.05, 0) is 96.8 Å². The second-order valence-corrected chi connectivity index (χ2v) is 17.0. The van der Waals surface area contributed by atoms with Crippen molar-refractivity contribution in [1.82, 2.24) is 0 Å². The number of benzene rings is 10. The summed E-state index contributed by atoms with van der Waals surface area (Å²) in [6, 6.07) is 90.6. The van der Waals surface area contributed by atoms with E-state index in [1.54, 1.807) is 12.1 Å². The fraction of sp³-hybridized carbons (Fsp3) is 0.0164. The highest BCUT2D eigenvalue weighted by atomic mass is 79.9. The zero-order chi connectivity index (χ0) is 45.9. The van der Waals surface area contributed by atoms with Crippen LogP contribution in [0, 0.1) is 6.92 Å². The summed E-state index contributed by atoms with van der Waals surface area (Å²) in [5.41, 5.74) is 16.3. The van der Waals surface area contributed by atoms with Gasteiger partial charge in [-0.15, -0.1) is 0 Å². The summed E-state index contributed by atoms with van der Waals surface area (Å²) in [7, 11) is -1.43. The lowest BCUT2D eigenvalue weighted by atomic mass is 9.75. The van der Waals surface area contributed by atoms with Crippen LogP contribution >= 0.6 is 31.9 Å². The minimum Gasteiger partial charge on any atom is -0.423 e. The molecule has 10 rings (SSSR count). The van der Waals surface area contributed by atoms with Crippen molar-refractivity contribution in [3.63, 3.8) is 0 Å². The van der Waals surface area contributed by atoms with Gasteiger partial charge in [0.1, 0.15) is 0 Å². The molecule has 322 valence electrons. The van der Waals surface area contributed by atoms with Gasteiger partial charge in [0.25, 0.3) is 0 Å². The second kappa shape index (κ2) is 24.4. The molecule has 0 aliphatic rings. The van der Waals surface area contributed by atoms with E-state index in [0.717, 1.165) is 20.1 Å². The van der Waals surface area contributed by atoms with E-state index in [1.165, 1.54) is 61.2 Å². The van der Waals surface area contributed by atoms with Crippen LogP contribution in [0.15, 0.2) is 276 Å². The van der Waals surface area contributed by atoms with Gasteiger partial charge >= 0.3 is 7.12 Å². The molecule has 2 nitrogen and oxygen atoms in total. The van der Waals surface area contributed by atoms with E-state index in [-0.39, 0.29) is 0 Å². The van der Waals surface area contributed by atoms with E-state index in [4.69, 9.17) is 0 Å². The SMILES string of the molecule is Brc1ccccc1-c1ccccc1.Brc1ccccc1-c1ccccc1-c1ccccc1.Cc1ccccc1-c1ccccc1-c1ccccc1.OB(O)c1ccccc1-c1ccccc1. The standard InChI is InChI=1S/C19H16.C18H13Br.C12H11BO2.C12H9Br/c1-15-9-5-6-12-17(15)19-14-8-7-13-18(19)16-10-3-2-4-11-16;19-18-13-7-6-12-17(18)16-11-5-4-10-15(16)14-8-2-1-3-9-14;14-13(15)12-9-5-4-8-11(12)10-6-2-1-3-7-10;13-12-9-5-4-8-11(12)10-6-2-1-3-7-10/h2-14H,1H3;1-13H;1-9,14-15H;1-9H. The van der Waals surface area contributed by atoms with Crippen molar-refractivity contribution in [2.75, 3.05) is 0 Å². The van der Waals surface area contributed by atoms with Crippen molar-refractivity contribution >= 4 is 44.4 Å². The molecule has 0 aromatic heterocycles. The molecule has 0 bridgehead atoms. The minimum atomic E-state index is -1.43. The van der Waals surface area contributed by atoms with Gasteiger partial charge in [-0.25, -0.2) is 0 Å². The molecule has 10 aromatic rings. The van der Waals surface area contributed by atoms with Gasteiger partial charge in [0.2, 0.25) is 0 Å².